The van der Waals surface area contributed by atoms with E-state index in [0.717, 1.165) is 37.2 Å². The number of nitrogens with zero attached hydrogens (tertiary/aromatic N) is 2. The number of ether oxygens (including phenoxy) is 1. The number of hydrogen-bond donors (Lipinski definition) is 1. The van der Waals surface area contributed by atoms with Crippen molar-refractivity contribution >= 4 is 11.8 Å². The maximum Gasteiger partial charge on any atom is 0.253 e. The second kappa shape index (κ2) is 11.5. The predicted molar refractivity (Wildman–Crippen MR) is 122 cm³/mol. The Morgan fingerprint density at radius 2 is 1.71 bits per heavy atom. The van der Waals surface area contributed by atoms with Crippen LogP contribution in [0.4, 0.5) is 0 Å². The molecule has 6 nitrogen and oxygen atoms in total. The molecule has 0 saturated carbocycles. The standard InChI is InChI=1S/C25H33N3O3/c1-20(2)31-23-11-9-21(10-12-23)13-14-26-24(29)19-27-15-6-16-28(18-17-27)25(30)22-7-4-3-5-8-22/h3-5,7-12,20H,6,13-19H2,1-2H3,(H,26,29). The van der Waals surface area contributed by atoms with Crippen molar-refractivity contribution in [3.05, 3.63) is 65.7 Å². The molecule has 1 fully saturated rings. The highest BCUT2D eigenvalue weighted by molar-refractivity contribution is 5.94. The smallest absolute Gasteiger partial charge is 0.253 e. The average molecular weight is 424 g/mol. The highest BCUT2D eigenvalue weighted by Crippen LogP contribution is 2.14. The Morgan fingerprint density at radius 1 is 0.968 bits per heavy atom. The monoisotopic (exact) mass is 423 g/mol. The molecule has 2 aromatic rings. The lowest BCUT2D eigenvalue weighted by Gasteiger charge is -2.22. The first-order valence-electron chi connectivity index (χ1n) is 11.1. The van der Waals surface area contributed by atoms with Gasteiger partial charge < -0.3 is 15.0 Å². The summed E-state index contributed by atoms with van der Waals surface area (Å²) in [5.41, 5.74) is 1.89. The van der Waals surface area contributed by atoms with E-state index in [1.54, 1.807) is 0 Å². The third-order valence-corrected chi connectivity index (χ3v) is 5.29. The van der Waals surface area contributed by atoms with E-state index in [-0.39, 0.29) is 17.9 Å². The first kappa shape index (κ1) is 22.8. The molecule has 2 amide bonds. The molecule has 3 rings (SSSR count). The van der Waals surface area contributed by atoms with Crippen LogP contribution in [-0.2, 0) is 11.2 Å². The summed E-state index contributed by atoms with van der Waals surface area (Å²) >= 11 is 0. The van der Waals surface area contributed by atoms with Crippen molar-refractivity contribution in [2.24, 2.45) is 0 Å². The first-order chi connectivity index (χ1) is 15.0. The summed E-state index contributed by atoms with van der Waals surface area (Å²) in [4.78, 5) is 29.0. The number of carbonyl (C=O) groups is 2. The zero-order valence-corrected chi connectivity index (χ0v) is 18.5. The topological polar surface area (TPSA) is 61.9 Å². The molecule has 2 aromatic carbocycles. The van der Waals surface area contributed by atoms with Gasteiger partial charge in [-0.25, -0.2) is 0 Å². The third kappa shape index (κ3) is 7.40. The van der Waals surface area contributed by atoms with Crippen LogP contribution in [0.3, 0.4) is 0 Å². The molecule has 0 aliphatic carbocycles. The second-order valence-electron chi connectivity index (χ2n) is 8.20. The summed E-state index contributed by atoms with van der Waals surface area (Å²) in [6.45, 7) is 7.89. The van der Waals surface area contributed by atoms with E-state index in [1.165, 1.54) is 5.56 Å². The van der Waals surface area contributed by atoms with E-state index in [2.05, 4.69) is 10.2 Å². The molecule has 0 unspecified atom stereocenters. The minimum absolute atomic E-state index is 0.0302. The van der Waals surface area contributed by atoms with Crippen molar-refractivity contribution in [1.82, 2.24) is 15.1 Å². The second-order valence-corrected chi connectivity index (χ2v) is 8.20. The van der Waals surface area contributed by atoms with Crippen LogP contribution in [-0.4, -0.2) is 67.0 Å². The Hall–Kier alpha value is -2.86. The molecule has 31 heavy (non-hydrogen) atoms. The third-order valence-electron chi connectivity index (χ3n) is 5.29. The number of rotatable bonds is 8. The summed E-state index contributed by atoms with van der Waals surface area (Å²) in [5.74, 6) is 0.961. The molecule has 1 N–H and O–H groups in total. The molecule has 6 heteroatoms. The van der Waals surface area contributed by atoms with Crippen LogP contribution in [0.5, 0.6) is 5.75 Å². The van der Waals surface area contributed by atoms with E-state index < -0.39 is 0 Å². The van der Waals surface area contributed by atoms with Crippen molar-refractivity contribution in [2.75, 3.05) is 39.3 Å². The number of nitrogens with one attached hydrogen (secondary N) is 1. The maximum atomic E-state index is 12.7. The van der Waals surface area contributed by atoms with Gasteiger partial charge in [0.25, 0.3) is 5.91 Å². The van der Waals surface area contributed by atoms with E-state index in [4.69, 9.17) is 4.74 Å². The fourth-order valence-corrected chi connectivity index (χ4v) is 3.71. The Bertz CT molecular complexity index is 837. The minimum Gasteiger partial charge on any atom is -0.491 e. The number of hydrogen-bond acceptors (Lipinski definition) is 4. The van der Waals surface area contributed by atoms with Crippen LogP contribution in [0.1, 0.15) is 36.2 Å². The molecule has 0 aromatic heterocycles. The molecular formula is C25H33N3O3. The van der Waals surface area contributed by atoms with Crippen LogP contribution in [0.25, 0.3) is 0 Å². The summed E-state index contributed by atoms with van der Waals surface area (Å²) < 4.78 is 5.65. The summed E-state index contributed by atoms with van der Waals surface area (Å²) in [5, 5.41) is 3.01. The van der Waals surface area contributed by atoms with Crippen molar-refractivity contribution in [3.8, 4) is 5.75 Å². The zero-order valence-electron chi connectivity index (χ0n) is 18.5. The SMILES string of the molecule is CC(C)Oc1ccc(CCNC(=O)CN2CCCN(C(=O)c3ccccc3)CC2)cc1. The van der Waals surface area contributed by atoms with E-state index in [9.17, 15) is 9.59 Å². The van der Waals surface area contributed by atoms with Gasteiger partial charge in [0.05, 0.1) is 12.6 Å². The van der Waals surface area contributed by atoms with Gasteiger partial charge in [-0.05, 0) is 56.5 Å². The van der Waals surface area contributed by atoms with Crippen LogP contribution < -0.4 is 10.1 Å². The number of amides is 2. The minimum atomic E-state index is 0.0302. The Balaban J connectivity index is 1.38. The molecular weight excluding hydrogens is 390 g/mol. The molecule has 1 heterocycles. The Kier molecular flexibility index (Phi) is 8.47. The van der Waals surface area contributed by atoms with Crippen LogP contribution >= 0.6 is 0 Å². The lowest BCUT2D eigenvalue weighted by Crippen LogP contribution is -2.40. The Labute approximate surface area is 185 Å². The lowest BCUT2D eigenvalue weighted by molar-refractivity contribution is -0.122. The summed E-state index contributed by atoms with van der Waals surface area (Å²) in [7, 11) is 0. The van der Waals surface area contributed by atoms with Crippen LogP contribution in [0.2, 0.25) is 0 Å². The maximum absolute atomic E-state index is 12.7. The van der Waals surface area contributed by atoms with Gasteiger partial charge in [0.15, 0.2) is 0 Å². The normalized spacial score (nSPS) is 14.9. The van der Waals surface area contributed by atoms with Gasteiger partial charge in [0.2, 0.25) is 5.91 Å². The number of benzene rings is 2. The average Bonchev–Trinajstić information content (AvgIpc) is 3.00. The quantitative estimate of drug-likeness (QED) is 0.709. The van der Waals surface area contributed by atoms with Crippen LogP contribution in [0, 0.1) is 0 Å². The molecule has 0 bridgehead atoms. The lowest BCUT2D eigenvalue weighted by atomic mass is 10.1. The molecule has 1 aliphatic heterocycles. The van der Waals surface area contributed by atoms with E-state index in [1.807, 2.05) is 73.3 Å². The van der Waals surface area contributed by atoms with Gasteiger partial charge in [0, 0.05) is 38.3 Å². The van der Waals surface area contributed by atoms with Gasteiger partial charge >= 0.3 is 0 Å². The summed E-state index contributed by atoms with van der Waals surface area (Å²) in [6.07, 6.45) is 1.82. The van der Waals surface area contributed by atoms with Crippen molar-refractivity contribution in [2.45, 2.75) is 32.8 Å². The van der Waals surface area contributed by atoms with Crippen molar-refractivity contribution < 1.29 is 14.3 Å². The molecule has 0 atom stereocenters. The molecule has 1 saturated heterocycles. The van der Waals surface area contributed by atoms with Crippen molar-refractivity contribution in [1.29, 1.82) is 0 Å². The largest absolute Gasteiger partial charge is 0.491 e. The van der Waals surface area contributed by atoms with Gasteiger partial charge in [-0.2, -0.15) is 0 Å². The fourth-order valence-electron chi connectivity index (χ4n) is 3.71. The van der Waals surface area contributed by atoms with Gasteiger partial charge in [-0.15, -0.1) is 0 Å². The molecule has 1 aliphatic rings. The molecule has 0 radical (unpaired) electrons. The fraction of sp³-hybridized carbons (Fsp3) is 0.440. The van der Waals surface area contributed by atoms with E-state index >= 15 is 0 Å². The van der Waals surface area contributed by atoms with Crippen LogP contribution in [0.15, 0.2) is 54.6 Å². The highest BCUT2D eigenvalue weighted by atomic mass is 16.5. The Morgan fingerprint density at radius 3 is 2.42 bits per heavy atom. The van der Waals surface area contributed by atoms with Gasteiger partial charge in [0.1, 0.15) is 5.75 Å². The van der Waals surface area contributed by atoms with Crippen molar-refractivity contribution in [3.63, 3.8) is 0 Å². The predicted octanol–water partition coefficient (Wildman–Crippen LogP) is 2.98. The van der Waals surface area contributed by atoms with Gasteiger partial charge in [-0.3, -0.25) is 14.5 Å². The number of carbonyl (C=O) groups excluding carboxylic acids is 2. The van der Waals surface area contributed by atoms with Gasteiger partial charge in [-0.1, -0.05) is 30.3 Å². The zero-order chi connectivity index (χ0) is 22.1. The highest BCUT2D eigenvalue weighted by Gasteiger charge is 2.21. The molecule has 0 spiro atoms. The first-order valence-corrected chi connectivity index (χ1v) is 11.1. The van der Waals surface area contributed by atoms with E-state index in [0.29, 0.717) is 26.2 Å². The molecule has 166 valence electrons. The summed E-state index contributed by atoms with van der Waals surface area (Å²) in [6, 6.07) is 17.4.